The maximum atomic E-state index is 5.89. The molecule has 0 aromatic carbocycles. The molecular weight excluding hydrogens is 246 g/mol. The minimum absolute atomic E-state index is 0.582. The van der Waals surface area contributed by atoms with Gasteiger partial charge in [-0.1, -0.05) is 6.42 Å². The fourth-order valence-electron chi connectivity index (χ4n) is 2.71. The molecule has 0 spiro atoms. The minimum Gasteiger partial charge on any atom is -0.477 e. The fraction of sp³-hybridized carbons (Fsp3) is 0.538. The Morgan fingerprint density at radius 2 is 2.22 bits per heavy atom. The molecule has 1 aliphatic carbocycles. The van der Waals surface area contributed by atoms with E-state index in [9.17, 15) is 0 Å². The second kappa shape index (κ2) is 5.20. The molecular formula is C13H17N3OS. The van der Waals surface area contributed by atoms with Gasteiger partial charge in [0.2, 0.25) is 5.88 Å². The third-order valence-electron chi connectivity index (χ3n) is 3.78. The summed E-state index contributed by atoms with van der Waals surface area (Å²) >= 11 is 1.61. The topological polar surface area (TPSA) is 61.0 Å². The smallest absolute Gasteiger partial charge is 0.225 e. The van der Waals surface area contributed by atoms with E-state index in [1.54, 1.807) is 17.7 Å². The normalized spacial score (nSPS) is 23.6. The standard InChI is InChI=1S/C13H17N3OS/c14-6-9-2-1-3-10(9)7-17-12-11-4-5-18-13(11)16-8-15-12/h4-5,8-10H,1-3,6-7,14H2. The first-order chi connectivity index (χ1) is 8.88. The zero-order valence-corrected chi connectivity index (χ0v) is 11.0. The van der Waals surface area contributed by atoms with Gasteiger partial charge in [0, 0.05) is 0 Å². The summed E-state index contributed by atoms with van der Waals surface area (Å²) in [6.45, 7) is 1.50. The van der Waals surface area contributed by atoms with Crippen molar-refractivity contribution in [1.82, 2.24) is 9.97 Å². The van der Waals surface area contributed by atoms with E-state index in [1.807, 2.05) is 11.4 Å². The van der Waals surface area contributed by atoms with Gasteiger partial charge in [-0.2, -0.15) is 0 Å². The molecule has 2 atom stereocenters. The van der Waals surface area contributed by atoms with Crippen LogP contribution in [-0.2, 0) is 0 Å². The Morgan fingerprint density at radius 1 is 1.33 bits per heavy atom. The van der Waals surface area contributed by atoms with E-state index in [-0.39, 0.29) is 0 Å². The van der Waals surface area contributed by atoms with Crippen LogP contribution in [0.3, 0.4) is 0 Å². The maximum absolute atomic E-state index is 5.89. The van der Waals surface area contributed by atoms with E-state index in [0.29, 0.717) is 17.7 Å². The van der Waals surface area contributed by atoms with Crippen LogP contribution in [-0.4, -0.2) is 23.1 Å². The fourth-order valence-corrected chi connectivity index (χ4v) is 3.43. The second-order valence-electron chi connectivity index (χ2n) is 4.82. The highest BCUT2D eigenvalue weighted by Crippen LogP contribution is 2.32. The predicted octanol–water partition coefficient (Wildman–Crippen LogP) is 2.45. The lowest BCUT2D eigenvalue weighted by molar-refractivity contribution is 0.212. The van der Waals surface area contributed by atoms with Crippen molar-refractivity contribution >= 4 is 21.6 Å². The zero-order valence-electron chi connectivity index (χ0n) is 10.2. The summed E-state index contributed by atoms with van der Waals surface area (Å²) in [5.41, 5.74) is 5.79. The quantitative estimate of drug-likeness (QED) is 0.920. The number of nitrogens with zero attached hydrogens (tertiary/aromatic N) is 2. The molecule has 2 N–H and O–H groups in total. The first kappa shape index (κ1) is 11.9. The van der Waals surface area contributed by atoms with Crippen LogP contribution in [0.15, 0.2) is 17.8 Å². The van der Waals surface area contributed by atoms with Gasteiger partial charge in [0.1, 0.15) is 11.2 Å². The van der Waals surface area contributed by atoms with Crippen molar-refractivity contribution in [2.24, 2.45) is 17.6 Å². The molecule has 0 bridgehead atoms. The number of nitrogens with two attached hydrogens (primary N) is 1. The van der Waals surface area contributed by atoms with E-state index < -0.39 is 0 Å². The molecule has 0 radical (unpaired) electrons. The largest absolute Gasteiger partial charge is 0.477 e. The highest BCUT2D eigenvalue weighted by molar-refractivity contribution is 7.16. The SMILES string of the molecule is NCC1CCCC1COc1ncnc2sccc12. The summed E-state index contributed by atoms with van der Waals surface area (Å²) in [5.74, 6) is 1.91. The molecule has 18 heavy (non-hydrogen) atoms. The molecule has 0 saturated heterocycles. The Morgan fingerprint density at radius 3 is 3.11 bits per heavy atom. The Hall–Kier alpha value is -1.20. The highest BCUT2D eigenvalue weighted by atomic mass is 32.1. The van der Waals surface area contributed by atoms with E-state index in [4.69, 9.17) is 10.5 Å². The van der Waals surface area contributed by atoms with Crippen molar-refractivity contribution in [3.8, 4) is 5.88 Å². The van der Waals surface area contributed by atoms with E-state index in [2.05, 4.69) is 9.97 Å². The average molecular weight is 263 g/mol. The lowest BCUT2D eigenvalue weighted by atomic mass is 9.97. The van der Waals surface area contributed by atoms with Gasteiger partial charge in [0.15, 0.2) is 0 Å². The first-order valence-corrected chi connectivity index (χ1v) is 7.27. The van der Waals surface area contributed by atoms with Crippen molar-refractivity contribution in [2.75, 3.05) is 13.2 Å². The number of ether oxygens (including phenoxy) is 1. The molecule has 1 aliphatic rings. The summed E-state index contributed by atoms with van der Waals surface area (Å²) in [5, 5.41) is 3.04. The Labute approximate surface area is 110 Å². The van der Waals surface area contributed by atoms with Crippen LogP contribution in [0.25, 0.3) is 10.2 Å². The molecule has 96 valence electrons. The lowest BCUT2D eigenvalue weighted by Crippen LogP contribution is -2.23. The van der Waals surface area contributed by atoms with Gasteiger partial charge in [0.25, 0.3) is 0 Å². The Kier molecular flexibility index (Phi) is 3.43. The van der Waals surface area contributed by atoms with Crippen molar-refractivity contribution in [3.63, 3.8) is 0 Å². The number of rotatable bonds is 4. The highest BCUT2D eigenvalue weighted by Gasteiger charge is 2.26. The van der Waals surface area contributed by atoms with Crippen molar-refractivity contribution in [3.05, 3.63) is 17.8 Å². The molecule has 5 heteroatoms. The van der Waals surface area contributed by atoms with Gasteiger partial charge in [0.05, 0.1) is 12.0 Å². The molecule has 0 aliphatic heterocycles. The molecule has 2 unspecified atom stereocenters. The molecule has 4 nitrogen and oxygen atoms in total. The minimum atomic E-state index is 0.582. The van der Waals surface area contributed by atoms with Gasteiger partial charge in [-0.3, -0.25) is 0 Å². The van der Waals surface area contributed by atoms with Crippen molar-refractivity contribution in [2.45, 2.75) is 19.3 Å². The van der Waals surface area contributed by atoms with Gasteiger partial charge < -0.3 is 10.5 Å². The number of thiophene rings is 1. The van der Waals surface area contributed by atoms with Crippen molar-refractivity contribution in [1.29, 1.82) is 0 Å². The van der Waals surface area contributed by atoms with Gasteiger partial charge in [-0.25, -0.2) is 9.97 Å². The number of aromatic nitrogens is 2. The van der Waals surface area contributed by atoms with Gasteiger partial charge in [-0.05, 0) is 42.7 Å². The van der Waals surface area contributed by atoms with Crippen LogP contribution in [0.4, 0.5) is 0 Å². The number of hydrogen-bond acceptors (Lipinski definition) is 5. The molecule has 2 aromatic heterocycles. The van der Waals surface area contributed by atoms with E-state index in [1.165, 1.54) is 19.3 Å². The van der Waals surface area contributed by atoms with E-state index >= 15 is 0 Å². The van der Waals surface area contributed by atoms with Crippen LogP contribution >= 0.6 is 11.3 Å². The average Bonchev–Trinajstić information content (AvgIpc) is 3.04. The molecule has 2 heterocycles. The monoisotopic (exact) mass is 263 g/mol. The van der Waals surface area contributed by atoms with Gasteiger partial charge >= 0.3 is 0 Å². The molecule has 2 aromatic rings. The lowest BCUT2D eigenvalue weighted by Gasteiger charge is -2.17. The van der Waals surface area contributed by atoms with Crippen LogP contribution in [0.2, 0.25) is 0 Å². The molecule has 1 saturated carbocycles. The zero-order chi connectivity index (χ0) is 12.4. The van der Waals surface area contributed by atoms with Crippen LogP contribution in [0, 0.1) is 11.8 Å². The van der Waals surface area contributed by atoms with Crippen molar-refractivity contribution < 1.29 is 4.74 Å². The van der Waals surface area contributed by atoms with Crippen LogP contribution in [0.5, 0.6) is 5.88 Å². The molecule has 0 amide bonds. The van der Waals surface area contributed by atoms with Crippen LogP contribution in [0.1, 0.15) is 19.3 Å². The first-order valence-electron chi connectivity index (χ1n) is 6.39. The van der Waals surface area contributed by atoms with Gasteiger partial charge in [-0.15, -0.1) is 11.3 Å². The summed E-state index contributed by atoms with van der Waals surface area (Å²) in [6.07, 6.45) is 5.30. The summed E-state index contributed by atoms with van der Waals surface area (Å²) in [6, 6.07) is 2.02. The Bertz CT molecular complexity index is 528. The second-order valence-corrected chi connectivity index (χ2v) is 5.71. The summed E-state index contributed by atoms with van der Waals surface area (Å²) in [7, 11) is 0. The molecule has 1 fully saturated rings. The Balaban J connectivity index is 1.71. The number of hydrogen-bond donors (Lipinski definition) is 1. The molecule has 3 rings (SSSR count). The maximum Gasteiger partial charge on any atom is 0.225 e. The van der Waals surface area contributed by atoms with Crippen LogP contribution < -0.4 is 10.5 Å². The summed E-state index contributed by atoms with van der Waals surface area (Å²) in [4.78, 5) is 9.44. The third-order valence-corrected chi connectivity index (χ3v) is 4.60. The van der Waals surface area contributed by atoms with E-state index in [0.717, 1.165) is 23.4 Å². The third kappa shape index (κ3) is 2.20. The predicted molar refractivity (Wildman–Crippen MR) is 72.8 cm³/mol. The number of fused-ring (bicyclic) bond motifs is 1. The summed E-state index contributed by atoms with van der Waals surface area (Å²) < 4.78 is 5.89.